The van der Waals surface area contributed by atoms with Gasteiger partial charge < -0.3 is 5.73 Å². The number of hydrogen-bond acceptors (Lipinski definition) is 1. The molecular weight excluding hydrogens is 184 g/mol. The second kappa shape index (κ2) is 5.05. The zero-order chi connectivity index (χ0) is 10.6. The zero-order valence-corrected chi connectivity index (χ0v) is 8.26. The van der Waals surface area contributed by atoms with E-state index in [0.717, 1.165) is 12.8 Å². The first-order valence-electron chi connectivity index (χ1n) is 4.86. The smallest absolute Gasteiger partial charge is 0.130 e. The lowest BCUT2D eigenvalue weighted by atomic mass is 10.0. The minimum Gasteiger partial charge on any atom is -0.324 e. The maximum Gasteiger partial charge on any atom is 0.130 e. The van der Waals surface area contributed by atoms with Gasteiger partial charge >= 0.3 is 0 Å². The summed E-state index contributed by atoms with van der Waals surface area (Å²) >= 11 is 0. The molecule has 0 amide bonds. The van der Waals surface area contributed by atoms with E-state index < -0.39 is 17.7 Å². The fourth-order valence-electron chi connectivity index (χ4n) is 1.43. The van der Waals surface area contributed by atoms with Crippen LogP contribution < -0.4 is 5.73 Å². The molecule has 1 rings (SSSR count). The van der Waals surface area contributed by atoms with E-state index in [1.165, 1.54) is 18.2 Å². The standard InChI is InChI=1S/C11H15F2N/c1-2-3-7-10(14)11-8(12)5-4-6-9(11)13/h4-6,10H,2-3,7,14H2,1H3. The van der Waals surface area contributed by atoms with Crippen LogP contribution in [0.25, 0.3) is 0 Å². The first-order valence-corrected chi connectivity index (χ1v) is 4.86. The summed E-state index contributed by atoms with van der Waals surface area (Å²) in [5.74, 6) is -1.10. The van der Waals surface area contributed by atoms with Crippen molar-refractivity contribution < 1.29 is 8.78 Å². The van der Waals surface area contributed by atoms with Crippen LogP contribution in [0.5, 0.6) is 0 Å². The van der Waals surface area contributed by atoms with Gasteiger partial charge in [-0.2, -0.15) is 0 Å². The molecule has 0 saturated carbocycles. The summed E-state index contributed by atoms with van der Waals surface area (Å²) < 4.78 is 26.4. The zero-order valence-electron chi connectivity index (χ0n) is 8.26. The topological polar surface area (TPSA) is 26.0 Å². The average Bonchev–Trinajstić information content (AvgIpc) is 2.14. The molecule has 0 heterocycles. The number of unbranched alkanes of at least 4 members (excludes halogenated alkanes) is 1. The van der Waals surface area contributed by atoms with Crippen LogP contribution in [0.3, 0.4) is 0 Å². The summed E-state index contributed by atoms with van der Waals surface area (Å²) in [5.41, 5.74) is 5.72. The third-order valence-electron chi connectivity index (χ3n) is 2.24. The molecule has 0 spiro atoms. The second-order valence-electron chi connectivity index (χ2n) is 3.38. The molecule has 0 aliphatic heterocycles. The average molecular weight is 199 g/mol. The Hall–Kier alpha value is -0.960. The fraction of sp³-hybridized carbons (Fsp3) is 0.455. The molecule has 2 N–H and O–H groups in total. The van der Waals surface area contributed by atoms with Crippen LogP contribution in [0.2, 0.25) is 0 Å². The van der Waals surface area contributed by atoms with Crippen molar-refractivity contribution in [3.63, 3.8) is 0 Å². The Labute approximate surface area is 82.9 Å². The second-order valence-corrected chi connectivity index (χ2v) is 3.38. The van der Waals surface area contributed by atoms with Crippen LogP contribution in [0.4, 0.5) is 8.78 Å². The quantitative estimate of drug-likeness (QED) is 0.792. The molecule has 1 nitrogen and oxygen atoms in total. The lowest BCUT2D eigenvalue weighted by molar-refractivity contribution is 0.502. The summed E-state index contributed by atoms with van der Waals surface area (Å²) in [6.45, 7) is 2.02. The summed E-state index contributed by atoms with van der Waals surface area (Å²) in [7, 11) is 0. The molecule has 0 radical (unpaired) electrons. The van der Waals surface area contributed by atoms with Crippen molar-refractivity contribution in [3.8, 4) is 0 Å². The third-order valence-corrected chi connectivity index (χ3v) is 2.24. The Balaban J connectivity index is 2.82. The van der Waals surface area contributed by atoms with Crippen molar-refractivity contribution in [2.45, 2.75) is 32.2 Å². The van der Waals surface area contributed by atoms with Crippen LogP contribution >= 0.6 is 0 Å². The summed E-state index contributed by atoms with van der Waals surface area (Å²) in [5, 5.41) is 0. The molecule has 0 aromatic heterocycles. The van der Waals surface area contributed by atoms with Gasteiger partial charge in [0, 0.05) is 11.6 Å². The van der Waals surface area contributed by atoms with E-state index in [-0.39, 0.29) is 5.56 Å². The molecule has 0 saturated heterocycles. The molecule has 3 heteroatoms. The minimum absolute atomic E-state index is 0.0148. The maximum atomic E-state index is 13.2. The Morgan fingerprint density at radius 1 is 1.29 bits per heavy atom. The molecule has 14 heavy (non-hydrogen) atoms. The van der Waals surface area contributed by atoms with Gasteiger partial charge in [0.25, 0.3) is 0 Å². The molecular formula is C11H15F2N. The van der Waals surface area contributed by atoms with Gasteiger partial charge in [-0.25, -0.2) is 8.78 Å². The lowest BCUT2D eigenvalue weighted by Crippen LogP contribution is -2.14. The molecule has 0 aliphatic carbocycles. The first kappa shape index (κ1) is 11.1. The van der Waals surface area contributed by atoms with Crippen LogP contribution in [-0.2, 0) is 0 Å². The molecule has 0 fully saturated rings. The van der Waals surface area contributed by atoms with Gasteiger partial charge in [0.05, 0.1) is 0 Å². The third kappa shape index (κ3) is 2.51. The van der Waals surface area contributed by atoms with Crippen LogP contribution in [0.1, 0.15) is 37.8 Å². The number of halogens is 2. The molecule has 1 unspecified atom stereocenters. The van der Waals surface area contributed by atoms with Crippen LogP contribution in [0.15, 0.2) is 18.2 Å². The highest BCUT2D eigenvalue weighted by molar-refractivity contribution is 5.22. The predicted octanol–water partition coefficient (Wildman–Crippen LogP) is 3.15. The van der Waals surface area contributed by atoms with E-state index in [9.17, 15) is 8.78 Å². The Morgan fingerprint density at radius 3 is 2.36 bits per heavy atom. The van der Waals surface area contributed by atoms with Gasteiger partial charge in [0.1, 0.15) is 11.6 Å². The summed E-state index contributed by atoms with van der Waals surface area (Å²) in [4.78, 5) is 0. The summed E-state index contributed by atoms with van der Waals surface area (Å²) in [6, 6.07) is 3.30. The lowest BCUT2D eigenvalue weighted by Gasteiger charge is -2.12. The molecule has 1 aromatic rings. The van der Waals surface area contributed by atoms with E-state index in [0.29, 0.717) is 6.42 Å². The van der Waals surface area contributed by atoms with Gasteiger partial charge in [0.15, 0.2) is 0 Å². The number of hydrogen-bond donors (Lipinski definition) is 1. The molecule has 1 atom stereocenters. The van der Waals surface area contributed by atoms with E-state index >= 15 is 0 Å². The van der Waals surface area contributed by atoms with Gasteiger partial charge in [-0.05, 0) is 18.6 Å². The van der Waals surface area contributed by atoms with Crippen LogP contribution in [0, 0.1) is 11.6 Å². The SMILES string of the molecule is CCCCC(N)c1c(F)cccc1F. The highest BCUT2D eigenvalue weighted by atomic mass is 19.1. The molecule has 0 bridgehead atoms. The van der Waals surface area contributed by atoms with E-state index in [1.54, 1.807) is 0 Å². The van der Waals surface area contributed by atoms with Gasteiger partial charge in [-0.3, -0.25) is 0 Å². The van der Waals surface area contributed by atoms with Gasteiger partial charge in [-0.15, -0.1) is 0 Å². The van der Waals surface area contributed by atoms with Crippen molar-refractivity contribution in [3.05, 3.63) is 35.4 Å². The van der Waals surface area contributed by atoms with Gasteiger partial charge in [-0.1, -0.05) is 25.8 Å². The molecule has 0 aliphatic rings. The highest BCUT2D eigenvalue weighted by Gasteiger charge is 2.15. The van der Waals surface area contributed by atoms with E-state index in [2.05, 4.69) is 0 Å². The minimum atomic E-state index is -0.548. The van der Waals surface area contributed by atoms with Crippen molar-refractivity contribution in [2.24, 2.45) is 5.73 Å². The van der Waals surface area contributed by atoms with Crippen LogP contribution in [-0.4, -0.2) is 0 Å². The molecule has 78 valence electrons. The van der Waals surface area contributed by atoms with E-state index in [4.69, 9.17) is 5.73 Å². The normalized spacial score (nSPS) is 12.9. The first-order chi connectivity index (χ1) is 6.66. The number of rotatable bonds is 4. The van der Waals surface area contributed by atoms with Gasteiger partial charge in [0.2, 0.25) is 0 Å². The largest absolute Gasteiger partial charge is 0.324 e. The number of benzene rings is 1. The highest BCUT2D eigenvalue weighted by Crippen LogP contribution is 2.22. The summed E-state index contributed by atoms with van der Waals surface area (Å²) in [6.07, 6.45) is 2.48. The van der Waals surface area contributed by atoms with Crippen molar-refractivity contribution in [1.82, 2.24) is 0 Å². The monoisotopic (exact) mass is 199 g/mol. The Morgan fingerprint density at radius 2 is 1.86 bits per heavy atom. The van der Waals surface area contributed by atoms with Crippen molar-refractivity contribution >= 4 is 0 Å². The Kier molecular flexibility index (Phi) is 4.01. The fourth-order valence-corrected chi connectivity index (χ4v) is 1.43. The number of nitrogens with two attached hydrogens (primary N) is 1. The Bertz CT molecular complexity index is 279. The van der Waals surface area contributed by atoms with E-state index in [1.807, 2.05) is 6.92 Å². The van der Waals surface area contributed by atoms with Crippen molar-refractivity contribution in [1.29, 1.82) is 0 Å². The predicted molar refractivity (Wildman–Crippen MR) is 52.8 cm³/mol. The maximum absolute atomic E-state index is 13.2. The van der Waals surface area contributed by atoms with Crippen molar-refractivity contribution in [2.75, 3.05) is 0 Å². The molecule has 1 aromatic carbocycles.